The van der Waals surface area contributed by atoms with E-state index in [0.29, 0.717) is 5.92 Å². The number of rotatable bonds is 7. The predicted octanol–water partition coefficient (Wildman–Crippen LogP) is 2.07. The summed E-state index contributed by atoms with van der Waals surface area (Å²) in [5.41, 5.74) is 0. The Morgan fingerprint density at radius 2 is 1.82 bits per heavy atom. The van der Waals surface area contributed by atoms with Gasteiger partial charge in [-0.3, -0.25) is 4.99 Å². The molecule has 0 unspecified atom stereocenters. The van der Waals surface area contributed by atoms with Gasteiger partial charge in [-0.15, -0.1) is 10.2 Å². The first kappa shape index (κ1) is 18.8. The number of hydrogen-bond donors (Lipinski definition) is 0. The highest BCUT2D eigenvalue weighted by Gasteiger charge is 2.12. The van der Waals surface area contributed by atoms with Gasteiger partial charge in [0, 0.05) is 47.7 Å². The molecule has 0 N–H and O–H groups in total. The molecule has 7 heteroatoms. The van der Waals surface area contributed by atoms with E-state index in [0.717, 1.165) is 42.9 Å². The van der Waals surface area contributed by atoms with Crippen molar-refractivity contribution in [1.29, 1.82) is 0 Å². The molecular weight excluding hydrogens is 296 g/mol. The van der Waals surface area contributed by atoms with Crippen molar-refractivity contribution in [2.24, 2.45) is 10.9 Å². The van der Waals surface area contributed by atoms with Crippen LogP contribution in [0.15, 0.2) is 10.1 Å². The molecule has 0 radical (unpaired) electrons. The lowest BCUT2D eigenvalue weighted by Gasteiger charge is -2.22. The van der Waals surface area contributed by atoms with Crippen LogP contribution >= 0.6 is 11.8 Å². The summed E-state index contributed by atoms with van der Waals surface area (Å²) in [7, 11) is 8.07. The van der Waals surface area contributed by atoms with E-state index in [2.05, 4.69) is 39.9 Å². The highest BCUT2D eigenvalue weighted by molar-refractivity contribution is 7.98. The first-order valence-corrected chi connectivity index (χ1v) is 8.94. The zero-order valence-electron chi connectivity index (χ0n) is 15.0. The van der Waals surface area contributed by atoms with Crippen molar-refractivity contribution < 1.29 is 0 Å². The maximum Gasteiger partial charge on any atom is 0.195 e. The first-order chi connectivity index (χ1) is 10.4. The third-order valence-corrected chi connectivity index (χ3v) is 3.80. The molecule has 0 fully saturated rings. The molecule has 0 aliphatic heterocycles. The average Bonchev–Trinajstić information content (AvgIpc) is 2.79. The third kappa shape index (κ3) is 5.51. The molecule has 0 aliphatic carbocycles. The standard InChI is InChI=1S/C15H30N6S/c1-12(2)11-21-13(17-18-15(21)22-7)9-8-10-16-14(19(3)4)20(5)6/h12H,8-11H2,1-7H3. The number of thioether (sulfide) groups is 1. The summed E-state index contributed by atoms with van der Waals surface area (Å²) in [5, 5.41) is 9.64. The highest BCUT2D eigenvalue weighted by Crippen LogP contribution is 2.16. The zero-order valence-corrected chi connectivity index (χ0v) is 15.8. The Balaban J connectivity index is 2.65. The SMILES string of the molecule is CSc1nnc(CCCN=C(N(C)C)N(C)C)n1CC(C)C. The van der Waals surface area contributed by atoms with Gasteiger partial charge in [-0.05, 0) is 18.6 Å². The third-order valence-electron chi connectivity index (χ3n) is 3.14. The van der Waals surface area contributed by atoms with E-state index < -0.39 is 0 Å². The van der Waals surface area contributed by atoms with E-state index in [9.17, 15) is 0 Å². The topological polar surface area (TPSA) is 49.6 Å². The molecule has 0 aromatic carbocycles. The first-order valence-electron chi connectivity index (χ1n) is 7.72. The quantitative estimate of drug-likeness (QED) is 0.332. The molecule has 1 aromatic rings. The fourth-order valence-corrected chi connectivity index (χ4v) is 2.83. The Kier molecular flexibility index (Phi) is 7.72. The molecule has 0 atom stereocenters. The van der Waals surface area contributed by atoms with Gasteiger partial charge in [0.25, 0.3) is 0 Å². The van der Waals surface area contributed by atoms with Gasteiger partial charge in [-0.1, -0.05) is 25.6 Å². The summed E-state index contributed by atoms with van der Waals surface area (Å²) >= 11 is 1.66. The van der Waals surface area contributed by atoms with Crippen molar-refractivity contribution in [1.82, 2.24) is 24.6 Å². The second kappa shape index (κ2) is 9.02. The second-order valence-electron chi connectivity index (χ2n) is 6.18. The fourth-order valence-electron chi connectivity index (χ4n) is 2.30. The Labute approximate surface area is 139 Å². The van der Waals surface area contributed by atoms with Gasteiger partial charge in [-0.2, -0.15) is 0 Å². The lowest BCUT2D eigenvalue weighted by atomic mass is 10.2. The molecule has 0 saturated carbocycles. The molecule has 22 heavy (non-hydrogen) atoms. The number of guanidine groups is 1. The van der Waals surface area contributed by atoms with Crippen LogP contribution in [0.5, 0.6) is 0 Å². The van der Waals surface area contributed by atoms with E-state index in [4.69, 9.17) is 0 Å². The zero-order chi connectivity index (χ0) is 16.7. The second-order valence-corrected chi connectivity index (χ2v) is 6.95. The van der Waals surface area contributed by atoms with Crippen LogP contribution in [0, 0.1) is 5.92 Å². The van der Waals surface area contributed by atoms with Crippen molar-refractivity contribution in [3.8, 4) is 0 Å². The van der Waals surface area contributed by atoms with Crippen LogP contribution in [0.2, 0.25) is 0 Å². The van der Waals surface area contributed by atoms with Crippen LogP contribution in [0.4, 0.5) is 0 Å². The van der Waals surface area contributed by atoms with Gasteiger partial charge in [0.15, 0.2) is 11.1 Å². The van der Waals surface area contributed by atoms with E-state index in [1.54, 1.807) is 11.8 Å². The Bertz CT molecular complexity index is 468. The van der Waals surface area contributed by atoms with Crippen molar-refractivity contribution in [2.45, 2.75) is 38.4 Å². The monoisotopic (exact) mass is 326 g/mol. The minimum absolute atomic E-state index is 0.591. The van der Waals surface area contributed by atoms with Crippen molar-refractivity contribution >= 4 is 17.7 Å². The van der Waals surface area contributed by atoms with Crippen molar-refractivity contribution in [3.63, 3.8) is 0 Å². The number of aliphatic imine (C=N–C) groups is 1. The lowest BCUT2D eigenvalue weighted by molar-refractivity contribution is 0.473. The Morgan fingerprint density at radius 3 is 2.32 bits per heavy atom. The molecule has 0 amide bonds. The van der Waals surface area contributed by atoms with E-state index in [1.807, 2.05) is 38.0 Å². The summed E-state index contributed by atoms with van der Waals surface area (Å²) in [6, 6.07) is 0. The van der Waals surface area contributed by atoms with Crippen LogP contribution in [0.25, 0.3) is 0 Å². The van der Waals surface area contributed by atoms with Gasteiger partial charge >= 0.3 is 0 Å². The number of hydrogen-bond acceptors (Lipinski definition) is 4. The number of aromatic nitrogens is 3. The summed E-state index contributed by atoms with van der Waals surface area (Å²) in [6.07, 6.45) is 3.95. The van der Waals surface area contributed by atoms with Crippen LogP contribution < -0.4 is 0 Å². The lowest BCUT2D eigenvalue weighted by Crippen LogP contribution is -2.35. The van der Waals surface area contributed by atoms with Gasteiger partial charge < -0.3 is 14.4 Å². The van der Waals surface area contributed by atoms with Crippen LogP contribution in [0.3, 0.4) is 0 Å². The molecule has 6 nitrogen and oxygen atoms in total. The number of aryl methyl sites for hydroxylation is 1. The van der Waals surface area contributed by atoms with Crippen molar-refractivity contribution in [3.05, 3.63) is 5.82 Å². The Hall–Kier alpha value is -1.24. The predicted molar refractivity (Wildman–Crippen MR) is 94.6 cm³/mol. The van der Waals surface area contributed by atoms with Gasteiger partial charge in [-0.25, -0.2) is 0 Å². The summed E-state index contributed by atoms with van der Waals surface area (Å²) in [5.74, 6) is 2.66. The van der Waals surface area contributed by atoms with Gasteiger partial charge in [0.05, 0.1) is 0 Å². The van der Waals surface area contributed by atoms with E-state index >= 15 is 0 Å². The minimum Gasteiger partial charge on any atom is -0.349 e. The maximum absolute atomic E-state index is 4.66. The molecule has 1 heterocycles. The minimum atomic E-state index is 0.591. The molecule has 126 valence electrons. The maximum atomic E-state index is 4.66. The van der Waals surface area contributed by atoms with Gasteiger partial charge in [0.1, 0.15) is 5.82 Å². The molecule has 0 spiro atoms. The molecule has 0 bridgehead atoms. The molecular formula is C15H30N6S. The smallest absolute Gasteiger partial charge is 0.195 e. The summed E-state index contributed by atoms with van der Waals surface area (Å²) < 4.78 is 2.25. The largest absolute Gasteiger partial charge is 0.349 e. The Morgan fingerprint density at radius 1 is 1.18 bits per heavy atom. The van der Waals surface area contributed by atoms with E-state index in [1.165, 1.54) is 0 Å². The average molecular weight is 327 g/mol. The van der Waals surface area contributed by atoms with Crippen LogP contribution in [-0.4, -0.2) is 71.5 Å². The fraction of sp³-hybridized carbons (Fsp3) is 0.800. The van der Waals surface area contributed by atoms with Crippen molar-refractivity contribution in [2.75, 3.05) is 41.0 Å². The summed E-state index contributed by atoms with van der Waals surface area (Å²) in [4.78, 5) is 8.73. The normalized spacial score (nSPS) is 10.9. The molecule has 0 saturated heterocycles. The molecule has 0 aliphatic rings. The molecule has 1 aromatic heterocycles. The van der Waals surface area contributed by atoms with E-state index in [-0.39, 0.29) is 0 Å². The molecule has 1 rings (SSSR count). The summed E-state index contributed by atoms with van der Waals surface area (Å²) in [6.45, 7) is 6.22. The highest BCUT2D eigenvalue weighted by atomic mass is 32.2. The van der Waals surface area contributed by atoms with Crippen LogP contribution in [0.1, 0.15) is 26.1 Å². The van der Waals surface area contributed by atoms with Gasteiger partial charge in [0.2, 0.25) is 0 Å². The van der Waals surface area contributed by atoms with Crippen LogP contribution in [-0.2, 0) is 13.0 Å². The number of nitrogens with zero attached hydrogens (tertiary/aromatic N) is 6.